The number of hydrogen-bond donors (Lipinski definition) is 2. The van der Waals surface area contributed by atoms with Gasteiger partial charge < -0.3 is 10.1 Å². The topological polar surface area (TPSA) is 45.7 Å². The molecule has 0 atom stereocenters. The minimum Gasteiger partial charge on any atom is -0.488 e. The molecule has 0 spiro atoms. The van der Waals surface area contributed by atoms with Crippen molar-refractivity contribution in [2.45, 2.75) is 6.61 Å². The molecule has 0 saturated carbocycles. The van der Waals surface area contributed by atoms with E-state index in [1.807, 2.05) is 48.5 Å². The van der Waals surface area contributed by atoms with E-state index in [1.54, 1.807) is 13.3 Å². The molecule has 2 aromatic rings. The van der Waals surface area contributed by atoms with Gasteiger partial charge in [-0.1, -0.05) is 30.3 Å². The van der Waals surface area contributed by atoms with Crippen LogP contribution in [0.25, 0.3) is 0 Å². The van der Waals surface area contributed by atoms with Crippen molar-refractivity contribution < 1.29 is 4.74 Å². The normalized spacial score (nSPS) is 10.5. The number of hydrazone groups is 1. The van der Waals surface area contributed by atoms with E-state index >= 15 is 0 Å². The predicted molar refractivity (Wildman–Crippen MR) is 97.3 cm³/mol. The molecule has 0 aliphatic rings. The molecular formula is C16H16BrN3OS. The van der Waals surface area contributed by atoms with Crippen LogP contribution in [0.1, 0.15) is 11.1 Å². The number of halogens is 1. The minimum absolute atomic E-state index is 0.470. The summed E-state index contributed by atoms with van der Waals surface area (Å²) in [5.74, 6) is 0.791. The summed E-state index contributed by atoms with van der Waals surface area (Å²) < 4.78 is 6.68. The second-order valence-electron chi connectivity index (χ2n) is 4.41. The smallest absolute Gasteiger partial charge is 0.186 e. The van der Waals surface area contributed by atoms with Crippen molar-refractivity contribution in [1.82, 2.24) is 10.7 Å². The number of rotatable bonds is 5. The van der Waals surface area contributed by atoms with Gasteiger partial charge >= 0.3 is 0 Å². The summed E-state index contributed by atoms with van der Waals surface area (Å²) >= 11 is 8.44. The standard InChI is InChI=1S/C16H16BrN3OS/c1-18-16(22)20-19-10-13-7-8-15(14(17)9-13)21-11-12-5-3-2-4-6-12/h2-10H,11H2,1H3,(H2,18,20,22)/b19-10+. The fraction of sp³-hybridized carbons (Fsp3) is 0.125. The Morgan fingerprint density at radius 3 is 2.73 bits per heavy atom. The first-order valence-corrected chi connectivity index (χ1v) is 7.86. The van der Waals surface area contributed by atoms with Crippen LogP contribution in [0.5, 0.6) is 5.75 Å². The van der Waals surface area contributed by atoms with Crippen LogP contribution in [-0.4, -0.2) is 18.4 Å². The first kappa shape index (κ1) is 16.5. The molecule has 0 radical (unpaired) electrons. The summed E-state index contributed by atoms with van der Waals surface area (Å²) in [7, 11) is 1.74. The zero-order chi connectivity index (χ0) is 15.8. The highest BCUT2D eigenvalue weighted by Gasteiger charge is 2.02. The molecule has 0 bridgehead atoms. The van der Waals surface area contributed by atoms with E-state index in [0.717, 1.165) is 21.3 Å². The highest BCUT2D eigenvalue weighted by atomic mass is 79.9. The molecule has 0 aromatic heterocycles. The highest BCUT2D eigenvalue weighted by molar-refractivity contribution is 9.10. The van der Waals surface area contributed by atoms with Gasteiger partial charge in [0, 0.05) is 7.05 Å². The van der Waals surface area contributed by atoms with Crippen molar-refractivity contribution in [3.8, 4) is 5.75 Å². The summed E-state index contributed by atoms with van der Waals surface area (Å²) in [6, 6.07) is 15.8. The third kappa shape index (κ3) is 5.13. The predicted octanol–water partition coefficient (Wildman–Crippen LogP) is 3.46. The fourth-order valence-electron chi connectivity index (χ4n) is 1.67. The molecule has 2 N–H and O–H groups in total. The first-order chi connectivity index (χ1) is 10.7. The monoisotopic (exact) mass is 377 g/mol. The van der Waals surface area contributed by atoms with Gasteiger partial charge in [-0.05, 0) is 57.5 Å². The first-order valence-electron chi connectivity index (χ1n) is 6.66. The summed E-state index contributed by atoms with van der Waals surface area (Å²) in [5.41, 5.74) is 4.77. The summed E-state index contributed by atoms with van der Waals surface area (Å²) in [4.78, 5) is 0. The van der Waals surface area contributed by atoms with Gasteiger partial charge in [0.15, 0.2) is 5.11 Å². The van der Waals surface area contributed by atoms with Crippen LogP contribution in [0.15, 0.2) is 58.1 Å². The molecule has 2 aromatic carbocycles. The van der Waals surface area contributed by atoms with E-state index in [0.29, 0.717) is 11.7 Å². The van der Waals surface area contributed by atoms with Crippen molar-refractivity contribution >= 4 is 39.5 Å². The molecule has 0 aliphatic heterocycles. The fourth-order valence-corrected chi connectivity index (χ4v) is 2.23. The lowest BCUT2D eigenvalue weighted by Crippen LogP contribution is -2.28. The average Bonchev–Trinajstić information content (AvgIpc) is 2.55. The van der Waals surface area contributed by atoms with Gasteiger partial charge in [-0.3, -0.25) is 5.43 Å². The Kier molecular flexibility index (Phi) is 6.36. The largest absolute Gasteiger partial charge is 0.488 e. The van der Waals surface area contributed by atoms with E-state index in [1.165, 1.54) is 0 Å². The Balaban J connectivity index is 1.96. The Bertz CT molecular complexity index is 662. The average molecular weight is 378 g/mol. The Morgan fingerprint density at radius 2 is 2.05 bits per heavy atom. The maximum atomic E-state index is 5.80. The van der Waals surface area contributed by atoms with Crippen molar-refractivity contribution in [3.63, 3.8) is 0 Å². The van der Waals surface area contributed by atoms with Gasteiger partial charge in [-0.15, -0.1) is 0 Å². The second kappa shape index (κ2) is 8.51. The third-order valence-corrected chi connectivity index (χ3v) is 3.71. The maximum absolute atomic E-state index is 5.80. The molecule has 6 heteroatoms. The lowest BCUT2D eigenvalue weighted by molar-refractivity contribution is 0.304. The third-order valence-electron chi connectivity index (χ3n) is 2.80. The van der Waals surface area contributed by atoms with Gasteiger partial charge in [-0.2, -0.15) is 5.10 Å². The van der Waals surface area contributed by atoms with Crippen LogP contribution in [0.3, 0.4) is 0 Å². The SMILES string of the molecule is CNC(=S)N/N=C/c1ccc(OCc2ccccc2)c(Br)c1. The molecule has 22 heavy (non-hydrogen) atoms. The quantitative estimate of drug-likeness (QED) is 0.475. The van der Waals surface area contributed by atoms with E-state index in [4.69, 9.17) is 17.0 Å². The van der Waals surface area contributed by atoms with E-state index in [2.05, 4.69) is 31.8 Å². The van der Waals surface area contributed by atoms with E-state index in [9.17, 15) is 0 Å². The Hall–Kier alpha value is -1.92. The Labute approximate surface area is 143 Å². The molecular weight excluding hydrogens is 362 g/mol. The molecule has 0 amide bonds. The van der Waals surface area contributed by atoms with Gasteiger partial charge in [0.05, 0.1) is 10.7 Å². The lowest BCUT2D eigenvalue weighted by atomic mass is 10.2. The molecule has 4 nitrogen and oxygen atoms in total. The zero-order valence-electron chi connectivity index (χ0n) is 12.0. The number of hydrogen-bond acceptors (Lipinski definition) is 3. The molecule has 0 fully saturated rings. The molecule has 0 heterocycles. The summed E-state index contributed by atoms with van der Waals surface area (Å²) in [6.45, 7) is 0.533. The number of ether oxygens (including phenoxy) is 1. The van der Waals surface area contributed by atoms with Crippen molar-refractivity contribution in [2.24, 2.45) is 5.10 Å². The van der Waals surface area contributed by atoms with Gasteiger partial charge in [0.2, 0.25) is 0 Å². The van der Waals surface area contributed by atoms with Crippen molar-refractivity contribution in [2.75, 3.05) is 7.05 Å². The van der Waals surface area contributed by atoms with E-state index < -0.39 is 0 Å². The highest BCUT2D eigenvalue weighted by Crippen LogP contribution is 2.26. The molecule has 0 saturated heterocycles. The van der Waals surface area contributed by atoms with Gasteiger partial charge in [0.25, 0.3) is 0 Å². The number of thiocarbonyl (C=S) groups is 1. The van der Waals surface area contributed by atoms with Crippen molar-refractivity contribution in [3.05, 3.63) is 64.1 Å². The van der Waals surface area contributed by atoms with Crippen LogP contribution in [0, 0.1) is 0 Å². The summed E-state index contributed by atoms with van der Waals surface area (Å²) in [6.07, 6.45) is 1.69. The van der Waals surface area contributed by atoms with Crippen molar-refractivity contribution in [1.29, 1.82) is 0 Å². The van der Waals surface area contributed by atoms with Crippen LogP contribution < -0.4 is 15.5 Å². The molecule has 2 rings (SSSR count). The maximum Gasteiger partial charge on any atom is 0.186 e. The van der Waals surface area contributed by atoms with E-state index in [-0.39, 0.29) is 0 Å². The number of nitrogens with zero attached hydrogens (tertiary/aromatic N) is 1. The molecule has 0 unspecified atom stereocenters. The summed E-state index contributed by atoms with van der Waals surface area (Å²) in [5, 5.41) is 7.29. The van der Waals surface area contributed by atoms with Gasteiger partial charge in [-0.25, -0.2) is 0 Å². The second-order valence-corrected chi connectivity index (χ2v) is 5.68. The van der Waals surface area contributed by atoms with Crippen LogP contribution >= 0.6 is 28.1 Å². The minimum atomic E-state index is 0.470. The molecule has 114 valence electrons. The number of nitrogens with one attached hydrogen (secondary N) is 2. The zero-order valence-corrected chi connectivity index (χ0v) is 14.4. The molecule has 0 aliphatic carbocycles. The number of benzene rings is 2. The van der Waals surface area contributed by atoms with Crippen LogP contribution in [-0.2, 0) is 6.61 Å². The lowest BCUT2D eigenvalue weighted by Gasteiger charge is -2.09. The van der Waals surface area contributed by atoms with Crippen LogP contribution in [0.2, 0.25) is 0 Å². The van der Waals surface area contributed by atoms with Gasteiger partial charge in [0.1, 0.15) is 12.4 Å². The Morgan fingerprint density at radius 1 is 1.27 bits per heavy atom. The van der Waals surface area contributed by atoms with Crippen LogP contribution in [0.4, 0.5) is 0 Å².